The molecule has 0 bridgehead atoms. The molecule has 0 saturated heterocycles. The van der Waals surface area contributed by atoms with Crippen LogP contribution in [-0.2, 0) is 0 Å². The number of hydrogen-bond acceptors (Lipinski definition) is 4. The molecule has 1 N–H and O–H groups in total. The quantitative estimate of drug-likeness (QED) is 0.464. The van der Waals surface area contributed by atoms with Crippen LogP contribution in [0.25, 0.3) is 0 Å². The van der Waals surface area contributed by atoms with Crippen molar-refractivity contribution in [3.05, 3.63) is 29.8 Å². The van der Waals surface area contributed by atoms with Crippen molar-refractivity contribution in [1.82, 2.24) is 0 Å². The van der Waals surface area contributed by atoms with E-state index in [-0.39, 0.29) is 6.61 Å². The van der Waals surface area contributed by atoms with E-state index in [9.17, 15) is 0 Å². The Morgan fingerprint density at radius 1 is 1.47 bits per heavy atom. The fraction of sp³-hybridized carbons (Fsp3) is 0.273. The standard InChI is InChI=1S/C11H12N2O2/c1-2-11(13-14)9-3-5-10(6-4-9)15-8-7-12/h3-6,14H,2,8H2,1H3/b13-11+. The molecule has 0 heterocycles. The molecule has 0 atom stereocenters. The lowest BCUT2D eigenvalue weighted by Crippen LogP contribution is -1.99. The number of nitriles is 1. The summed E-state index contributed by atoms with van der Waals surface area (Å²) in [5, 5.41) is 20.2. The van der Waals surface area contributed by atoms with Gasteiger partial charge in [0.05, 0.1) is 5.71 Å². The average Bonchev–Trinajstić information content (AvgIpc) is 2.29. The van der Waals surface area contributed by atoms with Crippen LogP contribution in [0.1, 0.15) is 18.9 Å². The number of hydrogen-bond donors (Lipinski definition) is 1. The summed E-state index contributed by atoms with van der Waals surface area (Å²) in [6, 6.07) is 8.97. The second-order valence-corrected chi connectivity index (χ2v) is 2.87. The summed E-state index contributed by atoms with van der Waals surface area (Å²) in [5.74, 6) is 0.633. The van der Waals surface area contributed by atoms with Crippen molar-refractivity contribution >= 4 is 5.71 Å². The Labute approximate surface area is 88.4 Å². The molecule has 1 aromatic carbocycles. The third-order valence-corrected chi connectivity index (χ3v) is 1.95. The van der Waals surface area contributed by atoms with Gasteiger partial charge < -0.3 is 9.94 Å². The average molecular weight is 204 g/mol. The zero-order chi connectivity index (χ0) is 11.1. The van der Waals surface area contributed by atoms with E-state index in [2.05, 4.69) is 5.16 Å². The number of ether oxygens (including phenoxy) is 1. The minimum atomic E-state index is 0.0358. The van der Waals surface area contributed by atoms with Crippen LogP contribution in [0.4, 0.5) is 0 Å². The van der Waals surface area contributed by atoms with E-state index in [0.29, 0.717) is 17.9 Å². The first-order valence-electron chi connectivity index (χ1n) is 4.63. The van der Waals surface area contributed by atoms with Gasteiger partial charge in [0.2, 0.25) is 0 Å². The van der Waals surface area contributed by atoms with Gasteiger partial charge in [0.1, 0.15) is 11.8 Å². The van der Waals surface area contributed by atoms with E-state index in [1.54, 1.807) is 24.3 Å². The molecule has 0 aliphatic heterocycles. The number of oxime groups is 1. The Kier molecular flexibility index (Phi) is 4.17. The van der Waals surface area contributed by atoms with Crippen LogP contribution in [-0.4, -0.2) is 17.5 Å². The molecule has 78 valence electrons. The van der Waals surface area contributed by atoms with Crippen LogP contribution >= 0.6 is 0 Å². The maximum absolute atomic E-state index is 8.70. The highest BCUT2D eigenvalue weighted by atomic mass is 16.5. The Balaban J connectivity index is 2.77. The number of benzene rings is 1. The van der Waals surface area contributed by atoms with Gasteiger partial charge >= 0.3 is 0 Å². The molecule has 0 spiro atoms. The molecule has 0 saturated carbocycles. The first-order valence-corrected chi connectivity index (χ1v) is 4.63. The van der Waals surface area contributed by atoms with Gasteiger partial charge in [-0.3, -0.25) is 0 Å². The molecule has 0 fully saturated rings. The van der Waals surface area contributed by atoms with Gasteiger partial charge in [0.15, 0.2) is 6.61 Å². The monoisotopic (exact) mass is 204 g/mol. The van der Waals surface area contributed by atoms with Crippen LogP contribution in [0.5, 0.6) is 5.75 Å². The number of nitrogens with zero attached hydrogens (tertiary/aromatic N) is 2. The fourth-order valence-electron chi connectivity index (χ4n) is 1.19. The van der Waals surface area contributed by atoms with Gasteiger partial charge in [-0.05, 0) is 36.2 Å². The van der Waals surface area contributed by atoms with Gasteiger partial charge in [0.25, 0.3) is 0 Å². The summed E-state index contributed by atoms with van der Waals surface area (Å²) in [6.07, 6.45) is 0.662. The molecule has 15 heavy (non-hydrogen) atoms. The smallest absolute Gasteiger partial charge is 0.174 e. The van der Waals surface area contributed by atoms with Gasteiger partial charge in [-0.15, -0.1) is 0 Å². The molecular formula is C11H12N2O2. The Morgan fingerprint density at radius 3 is 2.60 bits per heavy atom. The van der Waals surface area contributed by atoms with Gasteiger partial charge in [-0.25, -0.2) is 0 Å². The van der Waals surface area contributed by atoms with Crippen LogP contribution in [0.15, 0.2) is 29.4 Å². The predicted octanol–water partition coefficient (Wildman–Crippen LogP) is 2.18. The normalized spacial score (nSPS) is 10.8. The van der Waals surface area contributed by atoms with Crippen LogP contribution in [0.2, 0.25) is 0 Å². The zero-order valence-electron chi connectivity index (χ0n) is 8.47. The van der Waals surface area contributed by atoms with E-state index in [1.807, 2.05) is 13.0 Å². The van der Waals surface area contributed by atoms with Crippen molar-refractivity contribution in [1.29, 1.82) is 5.26 Å². The summed E-state index contributed by atoms with van der Waals surface area (Å²) < 4.78 is 5.09. The summed E-state index contributed by atoms with van der Waals surface area (Å²) in [5.41, 5.74) is 1.48. The van der Waals surface area contributed by atoms with E-state index in [1.165, 1.54) is 0 Å². The van der Waals surface area contributed by atoms with Gasteiger partial charge in [0, 0.05) is 0 Å². The maximum atomic E-state index is 8.70. The van der Waals surface area contributed by atoms with Crippen molar-refractivity contribution in [2.75, 3.05) is 6.61 Å². The maximum Gasteiger partial charge on any atom is 0.174 e. The van der Waals surface area contributed by atoms with Crippen molar-refractivity contribution in [3.8, 4) is 11.8 Å². The summed E-state index contributed by atoms with van der Waals surface area (Å²) in [6.45, 7) is 1.95. The molecule has 0 aliphatic carbocycles. The lowest BCUT2D eigenvalue weighted by molar-refractivity contribution is 0.318. The topological polar surface area (TPSA) is 65.6 Å². The predicted molar refractivity (Wildman–Crippen MR) is 56.2 cm³/mol. The van der Waals surface area contributed by atoms with E-state index < -0.39 is 0 Å². The molecule has 0 aliphatic rings. The fourth-order valence-corrected chi connectivity index (χ4v) is 1.19. The van der Waals surface area contributed by atoms with Crippen LogP contribution in [0.3, 0.4) is 0 Å². The zero-order valence-corrected chi connectivity index (χ0v) is 8.47. The molecule has 4 heteroatoms. The lowest BCUT2D eigenvalue weighted by atomic mass is 10.1. The molecule has 0 radical (unpaired) electrons. The minimum Gasteiger partial charge on any atom is -0.479 e. The molecule has 0 unspecified atom stereocenters. The van der Waals surface area contributed by atoms with Crippen molar-refractivity contribution in [3.63, 3.8) is 0 Å². The first-order chi connectivity index (χ1) is 7.31. The first kappa shape index (κ1) is 11.1. The highest BCUT2D eigenvalue weighted by Gasteiger charge is 2.01. The second kappa shape index (κ2) is 5.66. The van der Waals surface area contributed by atoms with Crippen molar-refractivity contribution in [2.24, 2.45) is 5.16 Å². The summed E-state index contributed by atoms with van der Waals surface area (Å²) >= 11 is 0. The summed E-state index contributed by atoms with van der Waals surface area (Å²) in [7, 11) is 0. The van der Waals surface area contributed by atoms with Crippen molar-refractivity contribution in [2.45, 2.75) is 13.3 Å². The third-order valence-electron chi connectivity index (χ3n) is 1.95. The lowest BCUT2D eigenvalue weighted by Gasteiger charge is -2.04. The molecule has 1 aromatic rings. The van der Waals surface area contributed by atoms with Crippen LogP contribution < -0.4 is 4.74 Å². The van der Waals surface area contributed by atoms with E-state index >= 15 is 0 Å². The second-order valence-electron chi connectivity index (χ2n) is 2.87. The van der Waals surface area contributed by atoms with Crippen molar-refractivity contribution < 1.29 is 9.94 Å². The van der Waals surface area contributed by atoms with Crippen LogP contribution in [0, 0.1) is 11.3 Å². The summed E-state index contributed by atoms with van der Waals surface area (Å²) in [4.78, 5) is 0. The minimum absolute atomic E-state index is 0.0358. The Morgan fingerprint density at radius 2 is 2.13 bits per heavy atom. The molecule has 1 rings (SSSR count). The Bertz CT molecular complexity index is 377. The molecule has 0 amide bonds. The molecule has 4 nitrogen and oxygen atoms in total. The third kappa shape index (κ3) is 2.99. The van der Waals surface area contributed by atoms with Gasteiger partial charge in [-0.1, -0.05) is 12.1 Å². The van der Waals surface area contributed by atoms with E-state index in [0.717, 1.165) is 5.56 Å². The number of rotatable bonds is 4. The van der Waals surface area contributed by atoms with Gasteiger partial charge in [-0.2, -0.15) is 5.26 Å². The van der Waals surface area contributed by atoms with E-state index in [4.69, 9.17) is 15.2 Å². The highest BCUT2D eigenvalue weighted by Crippen LogP contribution is 2.13. The largest absolute Gasteiger partial charge is 0.479 e. The Hall–Kier alpha value is -2.02. The SMILES string of the molecule is CC/C(=N\O)c1ccc(OCC#N)cc1. The molecule has 0 aromatic heterocycles. The molecular weight excluding hydrogens is 192 g/mol. The highest BCUT2D eigenvalue weighted by molar-refractivity contribution is 6.00.